The van der Waals surface area contributed by atoms with Gasteiger partial charge in [0.25, 0.3) is 0 Å². The number of para-hydroxylation sites is 1. The van der Waals surface area contributed by atoms with E-state index in [2.05, 4.69) is 10.3 Å². The minimum Gasteiger partial charge on any atom is -0.361 e. The summed E-state index contributed by atoms with van der Waals surface area (Å²) >= 11 is 0. The van der Waals surface area contributed by atoms with E-state index in [9.17, 15) is 22.8 Å². The summed E-state index contributed by atoms with van der Waals surface area (Å²) < 4.78 is 39.5. The van der Waals surface area contributed by atoms with Gasteiger partial charge in [0.05, 0.1) is 5.56 Å². The third-order valence-electron chi connectivity index (χ3n) is 6.53. The molecule has 1 heterocycles. The van der Waals surface area contributed by atoms with Crippen molar-refractivity contribution in [1.82, 2.24) is 14.8 Å². The molecule has 40 heavy (non-hydrogen) atoms. The van der Waals surface area contributed by atoms with Crippen molar-refractivity contribution in [2.75, 3.05) is 25.0 Å². The Kier molecular flexibility index (Phi) is 9.14. The molecular formula is C31H33F3N4O2. The first-order valence-corrected chi connectivity index (χ1v) is 13.2. The maximum atomic E-state index is 13.7. The third-order valence-corrected chi connectivity index (χ3v) is 6.53. The predicted octanol–water partition coefficient (Wildman–Crippen LogP) is 6.95. The van der Waals surface area contributed by atoms with E-state index >= 15 is 0 Å². The van der Waals surface area contributed by atoms with Crippen LogP contribution in [0.3, 0.4) is 0 Å². The van der Waals surface area contributed by atoms with Crippen LogP contribution in [0.4, 0.5) is 23.7 Å². The zero-order chi connectivity index (χ0) is 28.7. The number of rotatable bonds is 10. The van der Waals surface area contributed by atoms with Crippen LogP contribution in [0, 0.1) is 5.92 Å². The molecule has 0 saturated carbocycles. The molecule has 0 bridgehead atoms. The fourth-order valence-corrected chi connectivity index (χ4v) is 4.59. The number of urea groups is 1. The second-order valence-corrected chi connectivity index (χ2v) is 10.2. The summed E-state index contributed by atoms with van der Waals surface area (Å²) in [4.78, 5) is 33.2. The lowest BCUT2D eigenvalue weighted by Crippen LogP contribution is -2.46. The Morgan fingerprint density at radius 2 is 1.65 bits per heavy atom. The van der Waals surface area contributed by atoms with Crippen molar-refractivity contribution >= 4 is 28.5 Å². The third kappa shape index (κ3) is 7.65. The zero-order valence-electron chi connectivity index (χ0n) is 22.5. The molecule has 0 aliphatic rings. The first-order chi connectivity index (χ1) is 19.1. The van der Waals surface area contributed by atoms with Gasteiger partial charge in [-0.3, -0.25) is 4.79 Å². The number of hydrogen-bond acceptors (Lipinski definition) is 2. The van der Waals surface area contributed by atoms with Gasteiger partial charge < -0.3 is 20.1 Å². The molecule has 9 heteroatoms. The summed E-state index contributed by atoms with van der Waals surface area (Å²) in [6.45, 7) is 4.68. The lowest BCUT2D eigenvalue weighted by molar-refractivity contribution is -0.137. The van der Waals surface area contributed by atoms with E-state index in [-0.39, 0.29) is 30.6 Å². The van der Waals surface area contributed by atoms with Crippen molar-refractivity contribution in [3.63, 3.8) is 0 Å². The van der Waals surface area contributed by atoms with Gasteiger partial charge >= 0.3 is 12.2 Å². The van der Waals surface area contributed by atoms with Crippen molar-refractivity contribution in [2.45, 2.75) is 33.0 Å². The maximum Gasteiger partial charge on any atom is 0.416 e. The monoisotopic (exact) mass is 550 g/mol. The molecule has 4 aromatic rings. The number of carbonyl (C=O) groups is 2. The van der Waals surface area contributed by atoms with E-state index in [1.807, 2.05) is 74.6 Å². The van der Waals surface area contributed by atoms with Crippen LogP contribution in [0.1, 0.15) is 30.5 Å². The Morgan fingerprint density at radius 1 is 0.925 bits per heavy atom. The van der Waals surface area contributed by atoms with E-state index in [0.29, 0.717) is 19.5 Å². The number of nitrogens with one attached hydrogen (secondary N) is 2. The second kappa shape index (κ2) is 12.7. The highest BCUT2D eigenvalue weighted by atomic mass is 19.4. The molecule has 0 aliphatic carbocycles. The standard InChI is InChI=1S/C31H33F3N4O2/c1-22(2)19-38(30(40)36-26-12-8-11-25(17-26)31(32,33)34)21-29(39)37(20-23-9-4-3-5-10-23)16-15-24-18-35-28-14-7-6-13-27(24)28/h3-14,17-18,22,35H,15-16,19-21H2,1-2H3,(H,36,40). The second-order valence-electron chi connectivity index (χ2n) is 10.2. The lowest BCUT2D eigenvalue weighted by atomic mass is 10.1. The molecule has 0 spiro atoms. The zero-order valence-corrected chi connectivity index (χ0v) is 22.5. The Morgan fingerprint density at radius 3 is 2.38 bits per heavy atom. The molecular weight excluding hydrogens is 517 g/mol. The number of halogens is 3. The molecule has 0 atom stereocenters. The van der Waals surface area contributed by atoms with Crippen LogP contribution >= 0.6 is 0 Å². The quantitative estimate of drug-likeness (QED) is 0.224. The number of nitrogens with zero attached hydrogens (tertiary/aromatic N) is 2. The van der Waals surface area contributed by atoms with Crippen molar-refractivity contribution in [2.24, 2.45) is 5.92 Å². The number of carbonyl (C=O) groups excluding carboxylic acids is 2. The van der Waals surface area contributed by atoms with Gasteiger partial charge in [-0.05, 0) is 47.7 Å². The van der Waals surface area contributed by atoms with Gasteiger partial charge in [-0.25, -0.2) is 4.79 Å². The number of hydrogen-bond donors (Lipinski definition) is 2. The van der Waals surface area contributed by atoms with Crippen LogP contribution in [0.15, 0.2) is 85.1 Å². The molecule has 6 nitrogen and oxygen atoms in total. The minimum absolute atomic E-state index is 0.0153. The van der Waals surface area contributed by atoms with Crippen molar-refractivity contribution < 1.29 is 22.8 Å². The molecule has 0 fully saturated rings. The number of H-pyrrole nitrogens is 1. The fraction of sp³-hybridized carbons (Fsp3) is 0.290. The highest BCUT2D eigenvalue weighted by Gasteiger charge is 2.31. The molecule has 3 amide bonds. The summed E-state index contributed by atoms with van der Waals surface area (Å²) in [7, 11) is 0. The highest BCUT2D eigenvalue weighted by Crippen LogP contribution is 2.30. The summed E-state index contributed by atoms with van der Waals surface area (Å²) in [5, 5.41) is 3.63. The highest BCUT2D eigenvalue weighted by molar-refractivity contribution is 5.92. The summed E-state index contributed by atoms with van der Waals surface area (Å²) in [5.41, 5.74) is 2.22. The van der Waals surface area contributed by atoms with E-state index in [0.717, 1.165) is 34.2 Å². The molecule has 0 unspecified atom stereocenters. The smallest absolute Gasteiger partial charge is 0.361 e. The average Bonchev–Trinajstić information content (AvgIpc) is 3.33. The minimum atomic E-state index is -4.53. The van der Waals surface area contributed by atoms with Gasteiger partial charge in [0.2, 0.25) is 5.91 Å². The molecule has 3 aromatic carbocycles. The van der Waals surface area contributed by atoms with Crippen LogP contribution in [-0.4, -0.2) is 46.4 Å². The van der Waals surface area contributed by atoms with Gasteiger partial charge in [0, 0.05) is 42.4 Å². The van der Waals surface area contributed by atoms with Crippen LogP contribution in [0.5, 0.6) is 0 Å². The number of benzene rings is 3. The predicted molar refractivity (Wildman–Crippen MR) is 151 cm³/mol. The molecule has 0 aliphatic heterocycles. The number of anilines is 1. The molecule has 0 radical (unpaired) electrons. The Hall–Kier alpha value is -4.27. The van der Waals surface area contributed by atoms with Gasteiger partial charge in [0.15, 0.2) is 0 Å². The SMILES string of the molecule is CC(C)CN(CC(=O)N(CCc1c[nH]c2ccccc12)Cc1ccccc1)C(=O)Nc1cccc(C(F)(F)F)c1. The number of alkyl halides is 3. The first-order valence-electron chi connectivity index (χ1n) is 13.2. The van der Waals surface area contributed by atoms with E-state index < -0.39 is 17.8 Å². The van der Waals surface area contributed by atoms with Crippen LogP contribution < -0.4 is 5.32 Å². The van der Waals surface area contributed by atoms with E-state index in [4.69, 9.17) is 0 Å². The van der Waals surface area contributed by atoms with Crippen LogP contribution in [-0.2, 0) is 23.9 Å². The largest absolute Gasteiger partial charge is 0.416 e. The summed E-state index contributed by atoms with van der Waals surface area (Å²) in [5.74, 6) is -0.211. The number of aromatic amines is 1. The average molecular weight is 551 g/mol. The summed E-state index contributed by atoms with van der Waals surface area (Å²) in [6, 6.07) is 21.4. The topological polar surface area (TPSA) is 68.4 Å². The molecule has 1 aromatic heterocycles. The van der Waals surface area contributed by atoms with Gasteiger partial charge in [-0.15, -0.1) is 0 Å². The molecule has 210 valence electrons. The Labute approximate surface area is 231 Å². The lowest BCUT2D eigenvalue weighted by Gasteiger charge is -2.29. The van der Waals surface area contributed by atoms with Gasteiger partial charge in [-0.2, -0.15) is 13.2 Å². The Bertz CT molecular complexity index is 1430. The number of fused-ring (bicyclic) bond motifs is 1. The number of amides is 3. The van der Waals surface area contributed by atoms with Crippen LogP contribution in [0.2, 0.25) is 0 Å². The van der Waals surface area contributed by atoms with Crippen LogP contribution in [0.25, 0.3) is 10.9 Å². The normalized spacial score (nSPS) is 11.6. The van der Waals surface area contributed by atoms with Gasteiger partial charge in [-0.1, -0.05) is 68.4 Å². The summed E-state index contributed by atoms with van der Waals surface area (Å²) in [6.07, 6.45) is -1.97. The number of aromatic nitrogens is 1. The molecule has 0 saturated heterocycles. The van der Waals surface area contributed by atoms with Crippen molar-refractivity contribution in [1.29, 1.82) is 0 Å². The van der Waals surface area contributed by atoms with Crippen molar-refractivity contribution in [3.8, 4) is 0 Å². The Balaban J connectivity index is 1.51. The molecule has 2 N–H and O–H groups in total. The molecule has 4 rings (SSSR count). The van der Waals surface area contributed by atoms with Crippen molar-refractivity contribution in [3.05, 3.63) is 102 Å². The maximum absolute atomic E-state index is 13.7. The fourth-order valence-electron chi connectivity index (χ4n) is 4.59. The first kappa shape index (κ1) is 28.7. The van der Waals surface area contributed by atoms with Gasteiger partial charge in [0.1, 0.15) is 6.54 Å². The van der Waals surface area contributed by atoms with E-state index in [1.165, 1.54) is 17.0 Å². The van der Waals surface area contributed by atoms with E-state index in [1.54, 1.807) is 4.90 Å².